The van der Waals surface area contributed by atoms with Crippen LogP contribution in [0.3, 0.4) is 0 Å². The maximum absolute atomic E-state index is 9.41. The van der Waals surface area contributed by atoms with Gasteiger partial charge in [-0.1, -0.05) is 26.7 Å². The zero-order chi connectivity index (χ0) is 9.40. The van der Waals surface area contributed by atoms with E-state index in [2.05, 4.69) is 19.2 Å². The lowest BCUT2D eigenvalue weighted by Gasteiger charge is -2.16. The van der Waals surface area contributed by atoms with Crippen LogP contribution >= 0.6 is 0 Å². The maximum Gasteiger partial charge on any atom is 0.105 e. The van der Waals surface area contributed by atoms with Gasteiger partial charge in [-0.25, -0.2) is 0 Å². The highest BCUT2D eigenvalue weighted by Gasteiger charge is 2.07. The second kappa shape index (κ2) is 7.53. The van der Waals surface area contributed by atoms with Gasteiger partial charge in [0.15, 0.2) is 0 Å². The zero-order valence-corrected chi connectivity index (χ0v) is 8.21. The molecule has 12 heavy (non-hydrogen) atoms. The van der Waals surface area contributed by atoms with Crippen molar-refractivity contribution in [1.82, 2.24) is 5.32 Å². The van der Waals surface area contributed by atoms with Crippen LogP contribution in [0.1, 0.15) is 33.1 Å². The van der Waals surface area contributed by atoms with Crippen molar-refractivity contribution >= 4 is 0 Å². The van der Waals surface area contributed by atoms with E-state index in [-0.39, 0.29) is 6.23 Å². The van der Waals surface area contributed by atoms with Gasteiger partial charge in [0.25, 0.3) is 0 Å². The summed E-state index contributed by atoms with van der Waals surface area (Å²) in [6.45, 7) is 5.60. The highest BCUT2D eigenvalue weighted by atomic mass is 16.3. The zero-order valence-electron chi connectivity index (χ0n) is 8.21. The Labute approximate surface area is 75.3 Å². The fourth-order valence-corrected chi connectivity index (χ4v) is 1.33. The second-order valence-corrected chi connectivity index (χ2v) is 3.39. The van der Waals surface area contributed by atoms with Crippen molar-refractivity contribution in [3.05, 3.63) is 0 Å². The Bertz CT molecular complexity index is 98.5. The largest absolute Gasteiger partial charge is 0.379 e. The van der Waals surface area contributed by atoms with Crippen molar-refractivity contribution in [3.63, 3.8) is 0 Å². The molecular formula is C9H22N2O. The van der Waals surface area contributed by atoms with Gasteiger partial charge in [-0.05, 0) is 12.3 Å². The monoisotopic (exact) mass is 174 g/mol. The third kappa shape index (κ3) is 6.58. The van der Waals surface area contributed by atoms with Crippen molar-refractivity contribution in [2.45, 2.75) is 39.3 Å². The molecule has 0 spiro atoms. The van der Waals surface area contributed by atoms with Crippen LogP contribution in [0, 0.1) is 5.92 Å². The van der Waals surface area contributed by atoms with Gasteiger partial charge in [0.2, 0.25) is 0 Å². The van der Waals surface area contributed by atoms with E-state index in [9.17, 15) is 5.11 Å². The normalized spacial score (nSPS) is 16.0. The Morgan fingerprint density at radius 1 is 1.50 bits per heavy atom. The molecule has 3 nitrogen and oxygen atoms in total. The summed E-state index contributed by atoms with van der Waals surface area (Å²) in [5, 5.41) is 12.4. The van der Waals surface area contributed by atoms with Crippen LogP contribution in [-0.4, -0.2) is 24.4 Å². The SMILES string of the molecule is CCCC(C)CC(O)NCCN. The second-order valence-electron chi connectivity index (χ2n) is 3.39. The minimum Gasteiger partial charge on any atom is -0.379 e. The number of rotatable bonds is 7. The van der Waals surface area contributed by atoms with Gasteiger partial charge in [0, 0.05) is 13.1 Å². The van der Waals surface area contributed by atoms with Crippen molar-refractivity contribution in [1.29, 1.82) is 0 Å². The minimum absolute atomic E-state index is 0.380. The first-order valence-electron chi connectivity index (χ1n) is 4.82. The van der Waals surface area contributed by atoms with Crippen LogP contribution in [-0.2, 0) is 0 Å². The maximum atomic E-state index is 9.41. The molecule has 0 aliphatic rings. The first-order chi connectivity index (χ1) is 5.70. The van der Waals surface area contributed by atoms with Crippen LogP contribution in [0.15, 0.2) is 0 Å². The summed E-state index contributed by atoms with van der Waals surface area (Å²) in [5.74, 6) is 0.593. The molecule has 3 heteroatoms. The summed E-state index contributed by atoms with van der Waals surface area (Å²) in [6.07, 6.45) is 2.81. The molecule has 0 aromatic carbocycles. The molecule has 0 aliphatic heterocycles. The summed E-state index contributed by atoms with van der Waals surface area (Å²) < 4.78 is 0. The van der Waals surface area contributed by atoms with E-state index in [1.165, 1.54) is 12.8 Å². The third-order valence-corrected chi connectivity index (χ3v) is 1.93. The average molecular weight is 174 g/mol. The molecule has 74 valence electrons. The molecule has 0 fully saturated rings. The van der Waals surface area contributed by atoms with Crippen molar-refractivity contribution in [3.8, 4) is 0 Å². The fraction of sp³-hybridized carbons (Fsp3) is 1.00. The number of hydrogen-bond donors (Lipinski definition) is 3. The van der Waals surface area contributed by atoms with Gasteiger partial charge in [0.05, 0.1) is 0 Å². The van der Waals surface area contributed by atoms with E-state index >= 15 is 0 Å². The lowest BCUT2D eigenvalue weighted by atomic mass is 10.0. The summed E-state index contributed by atoms with van der Waals surface area (Å²) in [7, 11) is 0. The number of aliphatic hydroxyl groups excluding tert-OH is 1. The fourth-order valence-electron chi connectivity index (χ4n) is 1.33. The number of hydrogen-bond acceptors (Lipinski definition) is 3. The molecule has 0 heterocycles. The molecule has 0 bridgehead atoms. The van der Waals surface area contributed by atoms with Gasteiger partial charge in [0.1, 0.15) is 6.23 Å². The topological polar surface area (TPSA) is 58.3 Å². The molecule has 0 aromatic rings. The molecule has 0 amide bonds. The minimum atomic E-state index is -0.380. The Balaban J connectivity index is 3.33. The summed E-state index contributed by atoms with van der Waals surface area (Å²) in [5.41, 5.74) is 5.29. The van der Waals surface area contributed by atoms with Gasteiger partial charge in [-0.3, -0.25) is 5.32 Å². The van der Waals surface area contributed by atoms with E-state index in [1.807, 2.05) is 0 Å². The quantitative estimate of drug-likeness (QED) is 0.497. The standard InChI is InChI=1S/C9H22N2O/c1-3-4-8(2)7-9(12)11-6-5-10/h8-9,11-12H,3-7,10H2,1-2H3. The first kappa shape index (κ1) is 11.9. The van der Waals surface area contributed by atoms with Crippen molar-refractivity contribution in [2.24, 2.45) is 11.7 Å². The lowest BCUT2D eigenvalue weighted by molar-refractivity contribution is 0.110. The Morgan fingerprint density at radius 2 is 2.17 bits per heavy atom. The molecular weight excluding hydrogens is 152 g/mol. The predicted molar refractivity (Wildman–Crippen MR) is 51.8 cm³/mol. The molecule has 2 atom stereocenters. The molecule has 4 N–H and O–H groups in total. The van der Waals surface area contributed by atoms with E-state index in [0.29, 0.717) is 19.0 Å². The van der Waals surface area contributed by atoms with Crippen LogP contribution < -0.4 is 11.1 Å². The van der Waals surface area contributed by atoms with E-state index < -0.39 is 0 Å². The Morgan fingerprint density at radius 3 is 2.67 bits per heavy atom. The summed E-state index contributed by atoms with van der Waals surface area (Å²) >= 11 is 0. The van der Waals surface area contributed by atoms with Crippen LogP contribution in [0.2, 0.25) is 0 Å². The molecule has 0 saturated carbocycles. The highest BCUT2D eigenvalue weighted by molar-refractivity contribution is 4.59. The lowest BCUT2D eigenvalue weighted by Crippen LogP contribution is -2.34. The molecule has 0 radical (unpaired) electrons. The Hall–Kier alpha value is -0.120. The number of nitrogens with two attached hydrogens (primary N) is 1. The van der Waals surface area contributed by atoms with Crippen molar-refractivity contribution < 1.29 is 5.11 Å². The predicted octanol–water partition coefficient (Wildman–Crippen LogP) is 0.679. The molecule has 0 rings (SSSR count). The van der Waals surface area contributed by atoms with Gasteiger partial charge >= 0.3 is 0 Å². The van der Waals surface area contributed by atoms with Crippen LogP contribution in [0.25, 0.3) is 0 Å². The van der Waals surface area contributed by atoms with Gasteiger partial charge < -0.3 is 10.8 Å². The van der Waals surface area contributed by atoms with Crippen molar-refractivity contribution in [2.75, 3.05) is 13.1 Å². The van der Waals surface area contributed by atoms with Gasteiger partial charge in [-0.2, -0.15) is 0 Å². The third-order valence-electron chi connectivity index (χ3n) is 1.93. The van der Waals surface area contributed by atoms with E-state index in [4.69, 9.17) is 5.73 Å². The smallest absolute Gasteiger partial charge is 0.105 e. The first-order valence-corrected chi connectivity index (χ1v) is 4.82. The van der Waals surface area contributed by atoms with E-state index in [0.717, 1.165) is 6.42 Å². The van der Waals surface area contributed by atoms with Crippen LogP contribution in [0.5, 0.6) is 0 Å². The molecule has 0 saturated heterocycles. The summed E-state index contributed by atoms with van der Waals surface area (Å²) in [6, 6.07) is 0. The van der Waals surface area contributed by atoms with Crippen LogP contribution in [0.4, 0.5) is 0 Å². The highest BCUT2D eigenvalue weighted by Crippen LogP contribution is 2.10. The van der Waals surface area contributed by atoms with E-state index in [1.54, 1.807) is 0 Å². The van der Waals surface area contributed by atoms with Gasteiger partial charge in [-0.15, -0.1) is 0 Å². The number of aliphatic hydroxyl groups is 1. The molecule has 0 aromatic heterocycles. The average Bonchev–Trinajstić information content (AvgIpc) is 2.01. The number of nitrogens with one attached hydrogen (secondary N) is 1. The summed E-state index contributed by atoms with van der Waals surface area (Å²) in [4.78, 5) is 0. The Kier molecular flexibility index (Phi) is 7.45. The molecule has 0 aliphatic carbocycles. The molecule has 2 unspecified atom stereocenters.